The number of hydrogen-bond donors (Lipinski definition) is 3. The van der Waals surface area contributed by atoms with Crippen molar-refractivity contribution in [1.82, 2.24) is 0 Å². The first kappa shape index (κ1) is 12.1. The third-order valence-corrected chi connectivity index (χ3v) is 2.43. The summed E-state index contributed by atoms with van der Waals surface area (Å²) in [5.41, 5.74) is 6.52. The van der Waals surface area contributed by atoms with E-state index in [1.165, 1.54) is 7.11 Å². The Bertz CT molecular complexity index is 344. The number of nitrogens with two attached hydrogens (primary N) is 1. The highest BCUT2D eigenvalue weighted by Crippen LogP contribution is 2.36. The number of aromatic hydroxyl groups is 1. The second-order valence-electron chi connectivity index (χ2n) is 3.17. The minimum atomic E-state index is -0.318. The lowest BCUT2D eigenvalue weighted by Crippen LogP contribution is -2.12. The number of aliphatic hydroxyl groups is 1. The van der Waals surface area contributed by atoms with E-state index in [0.717, 1.165) is 5.56 Å². The molecule has 84 valence electrons. The number of methoxy groups -OCH3 is 1. The minimum absolute atomic E-state index is 0.00196. The molecule has 1 atom stereocenters. The molecule has 0 aliphatic heterocycles. The first-order valence-corrected chi connectivity index (χ1v) is 4.90. The first-order chi connectivity index (χ1) is 7.10. The zero-order valence-electron chi connectivity index (χ0n) is 8.40. The normalized spacial score (nSPS) is 12.5. The molecule has 0 bridgehead atoms. The fourth-order valence-corrected chi connectivity index (χ4v) is 1.49. The lowest BCUT2D eigenvalue weighted by molar-refractivity contribution is 0.276. The highest BCUT2D eigenvalue weighted by atomic mass is 35.5. The molecule has 0 heterocycles. The van der Waals surface area contributed by atoms with Crippen LogP contribution in [0.25, 0.3) is 0 Å². The van der Waals surface area contributed by atoms with Crippen LogP contribution in [0.4, 0.5) is 0 Å². The van der Waals surface area contributed by atoms with E-state index in [1.807, 2.05) is 0 Å². The Hall–Kier alpha value is -0.970. The highest BCUT2D eigenvalue weighted by Gasteiger charge is 2.13. The Morgan fingerprint density at radius 1 is 1.53 bits per heavy atom. The van der Waals surface area contributed by atoms with Gasteiger partial charge in [0.05, 0.1) is 12.1 Å². The number of halogens is 1. The van der Waals surface area contributed by atoms with Crippen LogP contribution in [0, 0.1) is 0 Å². The number of phenols is 1. The molecule has 1 aromatic rings. The van der Waals surface area contributed by atoms with Gasteiger partial charge in [0, 0.05) is 12.6 Å². The van der Waals surface area contributed by atoms with E-state index >= 15 is 0 Å². The zero-order valence-corrected chi connectivity index (χ0v) is 9.16. The molecule has 0 aromatic heterocycles. The molecular formula is C10H14ClNO3. The Balaban J connectivity index is 3.05. The molecule has 1 rings (SSSR count). The van der Waals surface area contributed by atoms with Crippen LogP contribution < -0.4 is 10.5 Å². The van der Waals surface area contributed by atoms with Crippen molar-refractivity contribution in [1.29, 1.82) is 0 Å². The summed E-state index contributed by atoms with van der Waals surface area (Å²) < 4.78 is 4.94. The van der Waals surface area contributed by atoms with Crippen LogP contribution in [0.3, 0.4) is 0 Å². The molecule has 0 saturated heterocycles. The number of hydrogen-bond acceptors (Lipinski definition) is 4. The third-order valence-electron chi connectivity index (χ3n) is 2.14. The van der Waals surface area contributed by atoms with Crippen LogP contribution in [0.2, 0.25) is 5.02 Å². The first-order valence-electron chi connectivity index (χ1n) is 4.53. The van der Waals surface area contributed by atoms with Gasteiger partial charge in [-0.2, -0.15) is 0 Å². The molecule has 5 heteroatoms. The van der Waals surface area contributed by atoms with E-state index in [1.54, 1.807) is 12.1 Å². The van der Waals surface area contributed by atoms with Gasteiger partial charge in [0.1, 0.15) is 0 Å². The summed E-state index contributed by atoms with van der Waals surface area (Å²) in [5, 5.41) is 18.4. The van der Waals surface area contributed by atoms with E-state index in [2.05, 4.69) is 0 Å². The van der Waals surface area contributed by atoms with Crippen molar-refractivity contribution in [2.75, 3.05) is 13.7 Å². The van der Waals surface area contributed by atoms with Gasteiger partial charge in [-0.05, 0) is 24.1 Å². The van der Waals surface area contributed by atoms with Gasteiger partial charge in [-0.3, -0.25) is 0 Å². The average molecular weight is 232 g/mol. The fraction of sp³-hybridized carbons (Fsp3) is 0.400. The van der Waals surface area contributed by atoms with Gasteiger partial charge in [-0.25, -0.2) is 0 Å². The summed E-state index contributed by atoms with van der Waals surface area (Å²) in [7, 11) is 1.44. The summed E-state index contributed by atoms with van der Waals surface area (Å²) in [5.74, 6) is 0.185. The van der Waals surface area contributed by atoms with E-state index in [4.69, 9.17) is 27.2 Å². The van der Waals surface area contributed by atoms with Crippen molar-refractivity contribution in [2.24, 2.45) is 5.73 Å². The average Bonchev–Trinajstić information content (AvgIpc) is 2.22. The predicted octanol–water partition coefficient (Wildman–Crippen LogP) is 1.44. The second kappa shape index (κ2) is 5.21. The van der Waals surface area contributed by atoms with Gasteiger partial charge in [0.25, 0.3) is 0 Å². The summed E-state index contributed by atoms with van der Waals surface area (Å²) in [4.78, 5) is 0. The largest absolute Gasteiger partial charge is 0.503 e. The topological polar surface area (TPSA) is 75.7 Å². The zero-order chi connectivity index (χ0) is 11.4. The summed E-state index contributed by atoms with van der Waals surface area (Å²) >= 11 is 5.79. The Morgan fingerprint density at radius 2 is 2.20 bits per heavy atom. The number of phenolic OH excluding ortho intramolecular Hbond substituents is 1. The number of aliphatic hydroxyl groups excluding tert-OH is 1. The monoisotopic (exact) mass is 231 g/mol. The molecule has 0 unspecified atom stereocenters. The number of benzene rings is 1. The van der Waals surface area contributed by atoms with Crippen molar-refractivity contribution in [2.45, 2.75) is 12.5 Å². The molecule has 0 saturated carbocycles. The van der Waals surface area contributed by atoms with Crippen LogP contribution in [-0.2, 0) is 0 Å². The standard InChI is InChI=1S/C10H14ClNO3/c1-15-9-5-6(8(12)2-3-13)4-7(11)10(9)14/h4-5,8,13-14H,2-3,12H2,1H3/t8-/m0/s1. The molecular weight excluding hydrogens is 218 g/mol. The summed E-state index contributed by atoms with van der Waals surface area (Å²) in [6.45, 7) is 0.00196. The fourth-order valence-electron chi connectivity index (χ4n) is 1.27. The molecule has 4 N–H and O–H groups in total. The Morgan fingerprint density at radius 3 is 2.73 bits per heavy atom. The number of rotatable bonds is 4. The summed E-state index contributed by atoms with van der Waals surface area (Å²) in [6.07, 6.45) is 0.435. The number of ether oxygens (including phenoxy) is 1. The third kappa shape index (κ3) is 2.75. The SMILES string of the molecule is COc1cc([C@@H](N)CCO)cc(Cl)c1O. The predicted molar refractivity (Wildman–Crippen MR) is 58.3 cm³/mol. The van der Waals surface area contributed by atoms with E-state index < -0.39 is 0 Å². The highest BCUT2D eigenvalue weighted by molar-refractivity contribution is 6.32. The molecule has 0 fully saturated rings. The van der Waals surface area contributed by atoms with Gasteiger partial charge >= 0.3 is 0 Å². The van der Waals surface area contributed by atoms with E-state index in [9.17, 15) is 5.11 Å². The van der Waals surface area contributed by atoms with Crippen molar-refractivity contribution in [3.05, 3.63) is 22.7 Å². The maximum absolute atomic E-state index is 9.49. The molecule has 15 heavy (non-hydrogen) atoms. The maximum Gasteiger partial charge on any atom is 0.176 e. The summed E-state index contributed by atoms with van der Waals surface area (Å²) in [6, 6.07) is 2.86. The lowest BCUT2D eigenvalue weighted by atomic mass is 10.0. The van der Waals surface area contributed by atoms with Crippen LogP contribution in [0.5, 0.6) is 11.5 Å². The van der Waals surface area contributed by atoms with Gasteiger partial charge in [0.15, 0.2) is 11.5 Å². The lowest BCUT2D eigenvalue weighted by Gasteiger charge is -2.13. The molecule has 0 aliphatic carbocycles. The van der Waals surface area contributed by atoms with Crippen LogP contribution >= 0.6 is 11.6 Å². The van der Waals surface area contributed by atoms with E-state index in [-0.39, 0.29) is 29.2 Å². The molecule has 0 aliphatic rings. The Labute approximate surface area is 93.2 Å². The molecule has 0 spiro atoms. The van der Waals surface area contributed by atoms with Crippen molar-refractivity contribution >= 4 is 11.6 Å². The molecule has 0 radical (unpaired) electrons. The van der Waals surface area contributed by atoms with Crippen LogP contribution in [-0.4, -0.2) is 23.9 Å². The quantitative estimate of drug-likeness (QED) is 0.733. The smallest absolute Gasteiger partial charge is 0.176 e. The van der Waals surface area contributed by atoms with Crippen molar-refractivity contribution in [3.8, 4) is 11.5 Å². The molecule has 1 aromatic carbocycles. The van der Waals surface area contributed by atoms with Gasteiger partial charge in [-0.15, -0.1) is 0 Å². The van der Waals surface area contributed by atoms with Crippen LogP contribution in [0.15, 0.2) is 12.1 Å². The second-order valence-corrected chi connectivity index (χ2v) is 3.58. The maximum atomic E-state index is 9.49. The van der Waals surface area contributed by atoms with Crippen molar-refractivity contribution in [3.63, 3.8) is 0 Å². The van der Waals surface area contributed by atoms with Crippen LogP contribution in [0.1, 0.15) is 18.0 Å². The van der Waals surface area contributed by atoms with Gasteiger partial charge < -0.3 is 20.7 Å². The molecule has 4 nitrogen and oxygen atoms in total. The van der Waals surface area contributed by atoms with Crippen molar-refractivity contribution < 1.29 is 14.9 Å². The van der Waals surface area contributed by atoms with Gasteiger partial charge in [0.2, 0.25) is 0 Å². The van der Waals surface area contributed by atoms with E-state index in [0.29, 0.717) is 6.42 Å². The minimum Gasteiger partial charge on any atom is -0.503 e. The Kier molecular flexibility index (Phi) is 4.20. The molecule has 0 amide bonds. The van der Waals surface area contributed by atoms with Gasteiger partial charge in [-0.1, -0.05) is 11.6 Å².